The quantitative estimate of drug-likeness (QED) is 0.242. The molecule has 0 spiro atoms. The largest absolute Gasteiger partial charge is 0.481 e. The summed E-state index contributed by atoms with van der Waals surface area (Å²) in [5, 5.41) is 8.89. The van der Waals surface area contributed by atoms with Gasteiger partial charge in [0.25, 0.3) is 0 Å². The van der Waals surface area contributed by atoms with Crippen LogP contribution in [-0.4, -0.2) is 11.1 Å². The smallest absolute Gasteiger partial charge is 0.416 e. The molecule has 0 amide bonds. The second kappa shape index (κ2) is 10.7. The summed E-state index contributed by atoms with van der Waals surface area (Å²) in [6, 6.07) is 20.2. The molecule has 0 fully saturated rings. The molecule has 4 nitrogen and oxygen atoms in total. The van der Waals surface area contributed by atoms with E-state index in [1.54, 1.807) is 42.5 Å². The lowest BCUT2D eigenvalue weighted by atomic mass is 10.0. The summed E-state index contributed by atoms with van der Waals surface area (Å²) in [5.74, 6) is -0.0668. The molecule has 37 heavy (non-hydrogen) atoms. The van der Waals surface area contributed by atoms with Crippen molar-refractivity contribution in [3.8, 4) is 34.1 Å². The number of hydrogen-bond donors (Lipinski definition) is 1. The SMILES string of the molecule is Cc1cc(Oc2cccc(Oc3ccc(C(F)(F)F)cc3-c3cccc(F)c3)c2)ccc1CCC(=O)O. The summed E-state index contributed by atoms with van der Waals surface area (Å²) in [6.45, 7) is 1.86. The van der Waals surface area contributed by atoms with Crippen LogP contribution >= 0.6 is 0 Å². The van der Waals surface area contributed by atoms with Gasteiger partial charge in [-0.15, -0.1) is 0 Å². The van der Waals surface area contributed by atoms with Crippen LogP contribution in [0.25, 0.3) is 11.1 Å². The third kappa shape index (κ3) is 6.67. The van der Waals surface area contributed by atoms with E-state index in [0.717, 1.165) is 29.3 Å². The average molecular weight is 510 g/mol. The second-order valence-electron chi connectivity index (χ2n) is 8.38. The number of halogens is 4. The summed E-state index contributed by atoms with van der Waals surface area (Å²) in [6.07, 6.45) is -4.14. The van der Waals surface area contributed by atoms with Crippen molar-refractivity contribution in [1.29, 1.82) is 0 Å². The van der Waals surface area contributed by atoms with Gasteiger partial charge in [-0.1, -0.05) is 24.3 Å². The molecule has 190 valence electrons. The normalized spacial score (nSPS) is 11.3. The number of aliphatic carboxylic acids is 1. The van der Waals surface area contributed by atoms with Gasteiger partial charge in [-0.05, 0) is 84.6 Å². The zero-order valence-corrected chi connectivity index (χ0v) is 19.7. The topological polar surface area (TPSA) is 55.8 Å². The standard InChI is InChI=1S/C29H22F4O4/c1-18-14-25(11-8-19(18)9-13-28(34)35)36-23-6-3-7-24(17-23)37-27-12-10-21(29(31,32)33)16-26(27)20-4-2-5-22(30)15-20/h2-8,10-12,14-17H,9,13H2,1H3,(H,34,35). The highest BCUT2D eigenvalue weighted by Crippen LogP contribution is 2.40. The van der Waals surface area contributed by atoms with Gasteiger partial charge in [0.05, 0.1) is 5.56 Å². The number of aryl methyl sites for hydroxylation is 2. The van der Waals surface area contributed by atoms with Crippen LogP contribution < -0.4 is 9.47 Å². The fraction of sp³-hybridized carbons (Fsp3) is 0.138. The van der Waals surface area contributed by atoms with Gasteiger partial charge in [0, 0.05) is 18.1 Å². The molecular formula is C29H22F4O4. The third-order valence-corrected chi connectivity index (χ3v) is 5.63. The fourth-order valence-electron chi connectivity index (χ4n) is 3.80. The number of carbonyl (C=O) groups is 1. The number of rotatable bonds is 8. The van der Waals surface area contributed by atoms with Crippen molar-refractivity contribution in [3.05, 3.63) is 107 Å². The molecule has 0 unspecified atom stereocenters. The fourth-order valence-corrected chi connectivity index (χ4v) is 3.80. The van der Waals surface area contributed by atoms with Crippen LogP contribution in [0, 0.1) is 12.7 Å². The van der Waals surface area contributed by atoms with E-state index in [9.17, 15) is 22.4 Å². The monoisotopic (exact) mass is 510 g/mol. The molecule has 1 N–H and O–H groups in total. The number of benzene rings is 4. The number of carboxylic acids is 1. The van der Waals surface area contributed by atoms with Gasteiger partial charge in [0.15, 0.2) is 0 Å². The number of carboxylic acid groups (broad SMARTS) is 1. The van der Waals surface area contributed by atoms with E-state index < -0.39 is 23.5 Å². The molecule has 0 aliphatic heterocycles. The maximum absolute atomic E-state index is 13.8. The van der Waals surface area contributed by atoms with Crippen LogP contribution in [0.3, 0.4) is 0 Å². The highest BCUT2D eigenvalue weighted by Gasteiger charge is 2.31. The Kier molecular flexibility index (Phi) is 7.47. The summed E-state index contributed by atoms with van der Waals surface area (Å²) >= 11 is 0. The first-order valence-corrected chi connectivity index (χ1v) is 11.3. The Morgan fingerprint density at radius 1 is 0.838 bits per heavy atom. The Balaban J connectivity index is 1.59. The van der Waals surface area contributed by atoms with Crippen molar-refractivity contribution in [3.63, 3.8) is 0 Å². The van der Waals surface area contributed by atoms with E-state index in [1.165, 1.54) is 24.3 Å². The van der Waals surface area contributed by atoms with E-state index in [2.05, 4.69) is 0 Å². The number of alkyl halides is 3. The van der Waals surface area contributed by atoms with Gasteiger partial charge in [0.1, 0.15) is 28.8 Å². The van der Waals surface area contributed by atoms with Crippen molar-refractivity contribution in [2.75, 3.05) is 0 Å². The second-order valence-corrected chi connectivity index (χ2v) is 8.38. The third-order valence-electron chi connectivity index (χ3n) is 5.63. The minimum Gasteiger partial charge on any atom is -0.481 e. The van der Waals surface area contributed by atoms with Gasteiger partial charge in [-0.2, -0.15) is 13.2 Å². The Hall–Kier alpha value is -4.33. The van der Waals surface area contributed by atoms with Gasteiger partial charge >= 0.3 is 12.1 Å². The summed E-state index contributed by atoms with van der Waals surface area (Å²) < 4.78 is 65.7. The van der Waals surface area contributed by atoms with Gasteiger partial charge in [0.2, 0.25) is 0 Å². The van der Waals surface area contributed by atoms with Crippen molar-refractivity contribution in [1.82, 2.24) is 0 Å². The molecule has 0 aliphatic carbocycles. The molecule has 0 bridgehead atoms. The molecule has 0 heterocycles. The molecule has 0 saturated carbocycles. The number of hydrogen-bond acceptors (Lipinski definition) is 3. The molecule has 4 aromatic rings. The minimum absolute atomic E-state index is 0.0298. The Morgan fingerprint density at radius 3 is 2.22 bits per heavy atom. The van der Waals surface area contributed by atoms with Gasteiger partial charge < -0.3 is 14.6 Å². The zero-order valence-electron chi connectivity index (χ0n) is 19.7. The van der Waals surface area contributed by atoms with Crippen LogP contribution in [-0.2, 0) is 17.4 Å². The van der Waals surface area contributed by atoms with Gasteiger partial charge in [-0.25, -0.2) is 4.39 Å². The maximum atomic E-state index is 13.8. The summed E-state index contributed by atoms with van der Waals surface area (Å²) in [4.78, 5) is 10.8. The predicted octanol–water partition coefficient (Wildman–Crippen LogP) is 8.42. The number of ether oxygens (including phenoxy) is 2. The molecule has 0 radical (unpaired) electrons. The molecule has 0 atom stereocenters. The van der Waals surface area contributed by atoms with Crippen LogP contribution in [0.4, 0.5) is 17.6 Å². The Bertz CT molecular complexity index is 1430. The van der Waals surface area contributed by atoms with Crippen molar-refractivity contribution in [2.24, 2.45) is 0 Å². The van der Waals surface area contributed by atoms with Crippen molar-refractivity contribution < 1.29 is 36.9 Å². The van der Waals surface area contributed by atoms with E-state index >= 15 is 0 Å². The maximum Gasteiger partial charge on any atom is 0.416 e. The van der Waals surface area contributed by atoms with E-state index in [-0.39, 0.29) is 23.3 Å². The van der Waals surface area contributed by atoms with E-state index in [0.29, 0.717) is 23.7 Å². The Morgan fingerprint density at radius 2 is 1.54 bits per heavy atom. The first-order valence-electron chi connectivity index (χ1n) is 11.3. The molecule has 0 aromatic heterocycles. The average Bonchev–Trinajstić information content (AvgIpc) is 2.83. The van der Waals surface area contributed by atoms with Crippen LogP contribution in [0.15, 0.2) is 84.9 Å². The highest BCUT2D eigenvalue weighted by molar-refractivity contribution is 5.72. The molecule has 0 aliphatic rings. The van der Waals surface area contributed by atoms with Crippen LogP contribution in [0.2, 0.25) is 0 Å². The predicted molar refractivity (Wildman–Crippen MR) is 131 cm³/mol. The molecule has 4 rings (SSSR count). The van der Waals surface area contributed by atoms with E-state index in [1.807, 2.05) is 6.92 Å². The minimum atomic E-state index is -4.57. The zero-order chi connectivity index (χ0) is 26.6. The molecule has 4 aromatic carbocycles. The lowest BCUT2D eigenvalue weighted by molar-refractivity contribution is -0.138. The first-order chi connectivity index (χ1) is 17.6. The van der Waals surface area contributed by atoms with E-state index in [4.69, 9.17) is 14.6 Å². The highest BCUT2D eigenvalue weighted by atomic mass is 19.4. The summed E-state index contributed by atoms with van der Waals surface area (Å²) in [5.41, 5.74) is 1.24. The van der Waals surface area contributed by atoms with Crippen LogP contribution in [0.1, 0.15) is 23.1 Å². The van der Waals surface area contributed by atoms with Crippen LogP contribution in [0.5, 0.6) is 23.0 Å². The molecule has 8 heteroatoms. The Labute approximate surface area is 210 Å². The summed E-state index contributed by atoms with van der Waals surface area (Å²) in [7, 11) is 0. The first kappa shape index (κ1) is 25.8. The molecule has 0 saturated heterocycles. The molecular weight excluding hydrogens is 488 g/mol. The van der Waals surface area contributed by atoms with Crippen molar-refractivity contribution >= 4 is 5.97 Å². The lowest BCUT2D eigenvalue weighted by Crippen LogP contribution is -2.05. The lowest BCUT2D eigenvalue weighted by Gasteiger charge is -2.15. The van der Waals surface area contributed by atoms with Gasteiger partial charge in [-0.3, -0.25) is 4.79 Å². The van der Waals surface area contributed by atoms with Crippen molar-refractivity contribution in [2.45, 2.75) is 25.9 Å².